The number of nitrogens with one attached hydrogen (secondary N) is 1. The first-order chi connectivity index (χ1) is 9.00. The number of hydrogen-bond donors (Lipinski definition) is 1. The summed E-state index contributed by atoms with van der Waals surface area (Å²) in [4.78, 5) is 2.10. The summed E-state index contributed by atoms with van der Waals surface area (Å²) in [6.45, 7) is 7.66. The van der Waals surface area contributed by atoms with Crippen LogP contribution >= 0.6 is 11.6 Å². The van der Waals surface area contributed by atoms with Crippen LogP contribution in [0, 0.1) is 5.92 Å². The molecule has 0 radical (unpaired) electrons. The Bertz CT molecular complexity index is 380. The molecule has 0 fully saturated rings. The Labute approximate surface area is 121 Å². The molecule has 0 aromatic heterocycles. The number of nitrogens with zero attached hydrogens (tertiary/aromatic N) is 1. The van der Waals surface area contributed by atoms with E-state index in [-0.39, 0.29) is 0 Å². The molecule has 19 heavy (non-hydrogen) atoms. The van der Waals surface area contributed by atoms with Crippen LogP contribution in [0.1, 0.15) is 19.4 Å². The van der Waals surface area contributed by atoms with Gasteiger partial charge in [0.25, 0.3) is 0 Å². The summed E-state index contributed by atoms with van der Waals surface area (Å²) in [5.74, 6) is 1.51. The average Bonchev–Trinajstić information content (AvgIpc) is 2.31. The van der Waals surface area contributed by atoms with Gasteiger partial charge in [0.15, 0.2) is 0 Å². The van der Waals surface area contributed by atoms with E-state index in [2.05, 4.69) is 24.1 Å². The van der Waals surface area contributed by atoms with E-state index in [1.54, 1.807) is 0 Å². The maximum Gasteiger partial charge on any atom is 0.125 e. The van der Waals surface area contributed by atoms with E-state index in [0.29, 0.717) is 12.5 Å². The molecule has 4 heteroatoms. The zero-order valence-electron chi connectivity index (χ0n) is 12.4. The van der Waals surface area contributed by atoms with Gasteiger partial charge in [-0.15, -0.1) is 0 Å². The molecule has 0 heterocycles. The summed E-state index contributed by atoms with van der Waals surface area (Å²) in [7, 11) is 4.07. The van der Waals surface area contributed by atoms with Gasteiger partial charge in [-0.05, 0) is 38.7 Å². The molecule has 1 aromatic carbocycles. The van der Waals surface area contributed by atoms with Gasteiger partial charge in [0.1, 0.15) is 12.4 Å². The lowest BCUT2D eigenvalue weighted by atomic mass is 10.1. The lowest BCUT2D eigenvalue weighted by Crippen LogP contribution is -2.21. The smallest absolute Gasteiger partial charge is 0.125 e. The van der Waals surface area contributed by atoms with Crippen LogP contribution in [-0.2, 0) is 6.54 Å². The first kappa shape index (κ1) is 16.3. The van der Waals surface area contributed by atoms with Crippen LogP contribution in [0.15, 0.2) is 18.2 Å². The van der Waals surface area contributed by atoms with E-state index < -0.39 is 0 Å². The molecule has 108 valence electrons. The molecule has 0 unspecified atom stereocenters. The van der Waals surface area contributed by atoms with Gasteiger partial charge in [-0.1, -0.05) is 31.5 Å². The van der Waals surface area contributed by atoms with Gasteiger partial charge in [0, 0.05) is 23.7 Å². The summed E-state index contributed by atoms with van der Waals surface area (Å²) < 4.78 is 5.82. The monoisotopic (exact) mass is 284 g/mol. The van der Waals surface area contributed by atoms with Crippen LogP contribution in [-0.4, -0.2) is 38.7 Å². The van der Waals surface area contributed by atoms with Gasteiger partial charge in [0.2, 0.25) is 0 Å². The van der Waals surface area contributed by atoms with Crippen molar-refractivity contribution in [1.82, 2.24) is 10.2 Å². The van der Waals surface area contributed by atoms with Crippen LogP contribution < -0.4 is 10.1 Å². The van der Waals surface area contributed by atoms with Crippen LogP contribution in [0.5, 0.6) is 5.75 Å². The molecule has 0 spiro atoms. The van der Waals surface area contributed by atoms with Crippen molar-refractivity contribution in [3.63, 3.8) is 0 Å². The normalized spacial score (nSPS) is 11.3. The molecule has 0 aliphatic carbocycles. The zero-order valence-corrected chi connectivity index (χ0v) is 13.1. The molecule has 0 saturated heterocycles. The summed E-state index contributed by atoms with van der Waals surface area (Å²) in [5, 5.41) is 4.17. The fraction of sp³-hybridized carbons (Fsp3) is 0.600. The van der Waals surface area contributed by atoms with Gasteiger partial charge >= 0.3 is 0 Å². The van der Waals surface area contributed by atoms with Gasteiger partial charge < -0.3 is 15.0 Å². The molecule has 0 aliphatic rings. The fourth-order valence-corrected chi connectivity index (χ4v) is 1.90. The number of ether oxygens (including phenoxy) is 1. The Morgan fingerprint density at radius 1 is 1.32 bits per heavy atom. The Hall–Kier alpha value is -0.770. The molecule has 1 N–H and O–H groups in total. The SMILES string of the molecule is CC(C)CNCc1c(Cl)cccc1OCCN(C)C. The largest absolute Gasteiger partial charge is 0.492 e. The molecular weight excluding hydrogens is 260 g/mol. The van der Waals surface area contributed by atoms with Crippen LogP contribution in [0.3, 0.4) is 0 Å². The molecular formula is C15H25ClN2O. The number of rotatable bonds is 8. The summed E-state index contributed by atoms with van der Waals surface area (Å²) in [5.41, 5.74) is 1.04. The highest BCUT2D eigenvalue weighted by molar-refractivity contribution is 6.31. The minimum absolute atomic E-state index is 0.626. The quantitative estimate of drug-likeness (QED) is 0.794. The number of likely N-dealkylation sites (N-methyl/N-ethyl adjacent to an activating group) is 1. The number of benzene rings is 1. The first-order valence-electron chi connectivity index (χ1n) is 6.76. The Morgan fingerprint density at radius 2 is 2.05 bits per heavy atom. The van der Waals surface area contributed by atoms with Crippen molar-refractivity contribution in [2.75, 3.05) is 33.8 Å². The van der Waals surface area contributed by atoms with E-state index in [1.807, 2.05) is 32.3 Å². The van der Waals surface area contributed by atoms with E-state index >= 15 is 0 Å². The lowest BCUT2D eigenvalue weighted by Gasteiger charge is -2.16. The van der Waals surface area contributed by atoms with Crippen LogP contribution in [0.25, 0.3) is 0 Å². The molecule has 1 aromatic rings. The summed E-state index contributed by atoms with van der Waals surface area (Å²) in [6.07, 6.45) is 0. The highest BCUT2D eigenvalue weighted by Gasteiger charge is 2.08. The predicted octanol–water partition coefficient (Wildman–Crippen LogP) is 3.03. The third-order valence-electron chi connectivity index (χ3n) is 2.73. The Kier molecular flexibility index (Phi) is 7.21. The highest BCUT2D eigenvalue weighted by atomic mass is 35.5. The maximum absolute atomic E-state index is 6.26. The van der Waals surface area contributed by atoms with Crippen molar-refractivity contribution in [2.45, 2.75) is 20.4 Å². The summed E-state index contributed by atoms with van der Waals surface area (Å²) in [6, 6.07) is 5.82. The second-order valence-corrected chi connectivity index (χ2v) is 5.80. The summed E-state index contributed by atoms with van der Waals surface area (Å²) >= 11 is 6.26. The van der Waals surface area contributed by atoms with E-state index in [0.717, 1.165) is 36.0 Å². The van der Waals surface area contributed by atoms with Crippen LogP contribution in [0.2, 0.25) is 5.02 Å². The van der Waals surface area contributed by atoms with Gasteiger partial charge in [-0.2, -0.15) is 0 Å². The second-order valence-electron chi connectivity index (χ2n) is 5.39. The average molecular weight is 285 g/mol. The van der Waals surface area contributed by atoms with Crippen molar-refractivity contribution < 1.29 is 4.74 Å². The molecule has 0 amide bonds. The maximum atomic E-state index is 6.26. The van der Waals surface area contributed by atoms with Crippen molar-refractivity contribution in [3.05, 3.63) is 28.8 Å². The third-order valence-corrected chi connectivity index (χ3v) is 3.08. The van der Waals surface area contributed by atoms with Gasteiger partial charge in [-0.25, -0.2) is 0 Å². The standard InChI is InChI=1S/C15H25ClN2O/c1-12(2)10-17-11-13-14(16)6-5-7-15(13)19-9-8-18(3)4/h5-7,12,17H,8-11H2,1-4H3. The molecule has 1 rings (SSSR count). The second kappa shape index (κ2) is 8.41. The molecule has 3 nitrogen and oxygen atoms in total. The molecule has 0 aliphatic heterocycles. The molecule has 0 atom stereocenters. The number of hydrogen-bond acceptors (Lipinski definition) is 3. The molecule has 0 saturated carbocycles. The minimum Gasteiger partial charge on any atom is -0.492 e. The molecule has 0 bridgehead atoms. The van der Waals surface area contributed by atoms with Crippen molar-refractivity contribution >= 4 is 11.6 Å². The van der Waals surface area contributed by atoms with Crippen molar-refractivity contribution in [3.8, 4) is 5.75 Å². The van der Waals surface area contributed by atoms with E-state index in [9.17, 15) is 0 Å². The highest BCUT2D eigenvalue weighted by Crippen LogP contribution is 2.26. The minimum atomic E-state index is 0.626. The lowest BCUT2D eigenvalue weighted by molar-refractivity contribution is 0.259. The topological polar surface area (TPSA) is 24.5 Å². The Morgan fingerprint density at radius 3 is 2.68 bits per heavy atom. The third kappa shape index (κ3) is 6.28. The van der Waals surface area contributed by atoms with Gasteiger partial charge in [-0.3, -0.25) is 0 Å². The number of halogens is 1. The first-order valence-corrected chi connectivity index (χ1v) is 7.14. The zero-order chi connectivity index (χ0) is 14.3. The predicted molar refractivity (Wildman–Crippen MR) is 82.0 cm³/mol. The van der Waals surface area contributed by atoms with E-state index in [1.165, 1.54) is 0 Å². The van der Waals surface area contributed by atoms with Crippen LogP contribution in [0.4, 0.5) is 0 Å². The van der Waals surface area contributed by atoms with Gasteiger partial charge in [0.05, 0.1) is 0 Å². The fourth-order valence-electron chi connectivity index (χ4n) is 1.67. The van der Waals surface area contributed by atoms with Crippen molar-refractivity contribution in [2.24, 2.45) is 5.92 Å². The van der Waals surface area contributed by atoms with Crippen molar-refractivity contribution in [1.29, 1.82) is 0 Å². The Balaban J connectivity index is 2.61. The van der Waals surface area contributed by atoms with E-state index in [4.69, 9.17) is 16.3 Å².